The van der Waals surface area contributed by atoms with Gasteiger partial charge in [0.25, 0.3) is 0 Å². The number of anilines is 1. The van der Waals surface area contributed by atoms with Crippen LogP contribution >= 0.6 is 0 Å². The highest BCUT2D eigenvalue weighted by atomic mass is 32.2. The molecule has 23 heavy (non-hydrogen) atoms. The minimum Gasteiger partial charge on any atom is -0.326 e. The lowest BCUT2D eigenvalue weighted by Gasteiger charge is -2.09. The second kappa shape index (κ2) is 7.41. The van der Waals surface area contributed by atoms with E-state index in [0.29, 0.717) is 10.5 Å². The lowest BCUT2D eigenvalue weighted by Crippen LogP contribution is -2.21. The van der Waals surface area contributed by atoms with Crippen LogP contribution in [0.2, 0.25) is 0 Å². The highest BCUT2D eigenvalue weighted by Gasteiger charge is 2.31. The minimum atomic E-state index is -4.55. The molecule has 0 aliphatic carbocycles. The van der Waals surface area contributed by atoms with E-state index >= 15 is 0 Å². The Morgan fingerprint density at radius 3 is 2.39 bits per heavy atom. The largest absolute Gasteiger partial charge is 0.397 e. The molecule has 0 aromatic heterocycles. The van der Waals surface area contributed by atoms with Crippen molar-refractivity contribution in [1.82, 2.24) is 0 Å². The van der Waals surface area contributed by atoms with E-state index in [2.05, 4.69) is 5.32 Å². The first kappa shape index (κ1) is 17.2. The molecule has 0 unspecified atom stereocenters. The van der Waals surface area contributed by atoms with Crippen LogP contribution < -0.4 is 5.32 Å². The number of alkyl halides is 3. The highest BCUT2D eigenvalue weighted by molar-refractivity contribution is 7.84. The fraction of sp³-hybridized carbons (Fsp3) is 0.188. The predicted molar refractivity (Wildman–Crippen MR) is 82.3 cm³/mol. The van der Waals surface area contributed by atoms with E-state index in [1.165, 1.54) is 12.1 Å². The van der Waals surface area contributed by atoms with Crippen molar-refractivity contribution in [1.29, 1.82) is 0 Å². The lowest BCUT2D eigenvalue weighted by molar-refractivity contribution is -0.150. The van der Waals surface area contributed by atoms with Crippen molar-refractivity contribution in [2.75, 3.05) is 5.32 Å². The second-order valence-electron chi connectivity index (χ2n) is 4.84. The van der Waals surface area contributed by atoms with E-state index in [-0.39, 0.29) is 11.4 Å². The topological polar surface area (TPSA) is 46.2 Å². The average Bonchev–Trinajstić information content (AvgIpc) is 2.46. The van der Waals surface area contributed by atoms with Crippen molar-refractivity contribution >= 4 is 22.4 Å². The van der Waals surface area contributed by atoms with Crippen LogP contribution in [-0.4, -0.2) is 16.3 Å². The summed E-state index contributed by atoms with van der Waals surface area (Å²) in [6.45, 7) is 0. The van der Waals surface area contributed by atoms with E-state index in [9.17, 15) is 22.2 Å². The second-order valence-corrected chi connectivity index (χ2v) is 6.29. The Labute approximate surface area is 134 Å². The molecular formula is C16H14F3NO2S. The number of carbonyl (C=O) groups excluding carboxylic acids is 1. The molecule has 1 atom stereocenters. The molecule has 0 heterocycles. The van der Waals surface area contributed by atoms with Crippen molar-refractivity contribution in [3.63, 3.8) is 0 Å². The summed E-state index contributed by atoms with van der Waals surface area (Å²) in [5, 5.41) is 2.19. The van der Waals surface area contributed by atoms with Gasteiger partial charge in [0.15, 0.2) is 0 Å². The highest BCUT2D eigenvalue weighted by Crippen LogP contribution is 2.21. The number of hydrogen-bond acceptors (Lipinski definition) is 2. The first-order valence-corrected chi connectivity index (χ1v) is 8.04. The summed E-state index contributed by atoms with van der Waals surface area (Å²) >= 11 is 0. The van der Waals surface area contributed by atoms with Crippen molar-refractivity contribution < 1.29 is 22.2 Å². The van der Waals surface area contributed by atoms with E-state index < -0.39 is 29.3 Å². The lowest BCUT2D eigenvalue weighted by atomic mass is 10.2. The number of hydrogen-bond donors (Lipinski definition) is 1. The molecule has 0 aliphatic heterocycles. The molecular weight excluding hydrogens is 327 g/mol. The Kier molecular flexibility index (Phi) is 5.54. The Bertz CT molecular complexity index is 702. The molecule has 2 rings (SSSR count). The van der Waals surface area contributed by atoms with Crippen LogP contribution in [0.3, 0.4) is 0 Å². The number of nitrogens with one attached hydrogen (secondary N) is 1. The summed E-state index contributed by atoms with van der Waals surface area (Å²) in [6, 6.07) is 15.2. The zero-order valence-electron chi connectivity index (χ0n) is 12.0. The molecule has 0 saturated heterocycles. The molecule has 2 aromatic carbocycles. The van der Waals surface area contributed by atoms with E-state index in [1.54, 1.807) is 36.4 Å². The Morgan fingerprint density at radius 2 is 1.74 bits per heavy atom. The number of benzene rings is 2. The molecule has 1 N–H and O–H groups in total. The van der Waals surface area contributed by atoms with Gasteiger partial charge in [0.2, 0.25) is 5.91 Å². The Balaban J connectivity index is 2.02. The third kappa shape index (κ3) is 5.86. The molecule has 0 spiro atoms. The first-order chi connectivity index (χ1) is 10.8. The van der Waals surface area contributed by atoms with Gasteiger partial charge in [-0.2, -0.15) is 13.2 Å². The Morgan fingerprint density at radius 1 is 1.04 bits per heavy atom. The SMILES string of the molecule is O=C(CC(F)(F)F)Nc1cccc(C[S@@](=O)c2ccccc2)c1. The van der Waals surface area contributed by atoms with Gasteiger partial charge in [-0.15, -0.1) is 0 Å². The summed E-state index contributed by atoms with van der Waals surface area (Å²) in [5.41, 5.74) is 0.916. The van der Waals surface area contributed by atoms with Gasteiger partial charge >= 0.3 is 6.18 Å². The fourth-order valence-electron chi connectivity index (χ4n) is 1.93. The van der Waals surface area contributed by atoms with Gasteiger partial charge in [-0.25, -0.2) is 0 Å². The fourth-order valence-corrected chi connectivity index (χ4v) is 3.04. The number of carbonyl (C=O) groups is 1. The molecule has 0 saturated carbocycles. The summed E-state index contributed by atoms with van der Waals surface area (Å²) in [6.07, 6.45) is -6.08. The molecule has 2 aromatic rings. The quantitative estimate of drug-likeness (QED) is 0.897. The van der Waals surface area contributed by atoms with Crippen LogP contribution in [-0.2, 0) is 21.3 Å². The zero-order chi connectivity index (χ0) is 16.9. The zero-order valence-corrected chi connectivity index (χ0v) is 12.8. The van der Waals surface area contributed by atoms with Gasteiger partial charge in [0.1, 0.15) is 6.42 Å². The van der Waals surface area contributed by atoms with Crippen LogP contribution in [0.15, 0.2) is 59.5 Å². The third-order valence-electron chi connectivity index (χ3n) is 2.88. The minimum absolute atomic E-state index is 0.215. The standard InChI is InChI=1S/C16H14F3NO2S/c17-16(18,19)10-15(21)20-13-6-4-5-12(9-13)11-23(22)14-7-2-1-3-8-14/h1-9H,10-11H2,(H,20,21)/t23-/m1/s1. The molecule has 0 aliphatic rings. The monoisotopic (exact) mass is 341 g/mol. The van der Waals surface area contributed by atoms with Crippen LogP contribution in [0.25, 0.3) is 0 Å². The van der Waals surface area contributed by atoms with Crippen LogP contribution in [0, 0.1) is 0 Å². The summed E-state index contributed by atoms with van der Waals surface area (Å²) < 4.78 is 48.7. The summed E-state index contributed by atoms with van der Waals surface area (Å²) in [4.78, 5) is 12.0. The molecule has 3 nitrogen and oxygen atoms in total. The molecule has 7 heteroatoms. The summed E-state index contributed by atoms with van der Waals surface area (Å²) in [7, 11) is -1.26. The smallest absolute Gasteiger partial charge is 0.326 e. The van der Waals surface area contributed by atoms with Crippen molar-refractivity contribution in [2.45, 2.75) is 23.2 Å². The Hall–Kier alpha value is -2.15. The maximum Gasteiger partial charge on any atom is 0.397 e. The predicted octanol–water partition coefficient (Wildman–Crippen LogP) is 3.89. The molecule has 0 bridgehead atoms. The van der Waals surface area contributed by atoms with Gasteiger partial charge in [-0.3, -0.25) is 9.00 Å². The maximum absolute atomic E-state index is 12.2. The maximum atomic E-state index is 12.2. The average molecular weight is 341 g/mol. The van der Waals surface area contributed by atoms with E-state index in [1.807, 2.05) is 6.07 Å². The van der Waals surface area contributed by atoms with Crippen LogP contribution in [0.4, 0.5) is 18.9 Å². The van der Waals surface area contributed by atoms with Gasteiger partial charge in [-0.05, 0) is 29.8 Å². The van der Waals surface area contributed by atoms with Crippen molar-refractivity contribution in [3.8, 4) is 0 Å². The molecule has 0 fully saturated rings. The molecule has 1 amide bonds. The van der Waals surface area contributed by atoms with Crippen molar-refractivity contribution in [2.24, 2.45) is 0 Å². The normalized spacial score (nSPS) is 12.7. The van der Waals surface area contributed by atoms with Gasteiger partial charge in [0, 0.05) is 10.6 Å². The molecule has 0 radical (unpaired) electrons. The number of amides is 1. The van der Waals surface area contributed by atoms with Crippen molar-refractivity contribution in [3.05, 3.63) is 60.2 Å². The van der Waals surface area contributed by atoms with Crippen LogP contribution in [0.1, 0.15) is 12.0 Å². The molecule has 122 valence electrons. The first-order valence-electron chi connectivity index (χ1n) is 6.72. The number of halogens is 3. The summed E-state index contributed by atoms with van der Waals surface area (Å²) in [5.74, 6) is -0.911. The third-order valence-corrected chi connectivity index (χ3v) is 4.27. The van der Waals surface area contributed by atoms with Crippen LogP contribution in [0.5, 0.6) is 0 Å². The van der Waals surface area contributed by atoms with E-state index in [4.69, 9.17) is 0 Å². The van der Waals surface area contributed by atoms with Gasteiger partial charge < -0.3 is 5.32 Å². The van der Waals surface area contributed by atoms with Gasteiger partial charge in [0.05, 0.1) is 16.6 Å². The van der Waals surface area contributed by atoms with Gasteiger partial charge in [-0.1, -0.05) is 30.3 Å². The number of rotatable bonds is 5. The van der Waals surface area contributed by atoms with E-state index in [0.717, 1.165) is 0 Å².